The van der Waals surface area contributed by atoms with E-state index in [0.717, 1.165) is 0 Å². The first-order valence-corrected chi connectivity index (χ1v) is 6.93. The molecule has 0 radical (unpaired) electrons. The van der Waals surface area contributed by atoms with E-state index in [2.05, 4.69) is 5.32 Å². The van der Waals surface area contributed by atoms with E-state index < -0.39 is 10.8 Å². The van der Waals surface area contributed by atoms with Crippen molar-refractivity contribution in [1.82, 2.24) is 5.32 Å². The fraction of sp³-hybridized carbons (Fsp3) is 0.500. The van der Waals surface area contributed by atoms with E-state index in [9.17, 15) is 14.9 Å². The summed E-state index contributed by atoms with van der Waals surface area (Å²) in [5, 5.41) is 13.6. The highest BCUT2D eigenvalue weighted by molar-refractivity contribution is 6.35. The van der Waals surface area contributed by atoms with Gasteiger partial charge in [-0.2, -0.15) is 0 Å². The fourth-order valence-electron chi connectivity index (χ4n) is 2.60. The summed E-state index contributed by atoms with van der Waals surface area (Å²) in [6.07, 6.45) is 0.797. The molecule has 2 rings (SSSR count). The van der Waals surface area contributed by atoms with Gasteiger partial charge in [0.2, 0.25) is 0 Å². The first kappa shape index (κ1) is 15.7. The van der Waals surface area contributed by atoms with E-state index in [1.165, 1.54) is 18.2 Å². The highest BCUT2D eigenvalue weighted by Gasteiger charge is 2.49. The molecule has 0 heterocycles. The molecule has 1 aliphatic rings. The van der Waals surface area contributed by atoms with Gasteiger partial charge in [0.05, 0.1) is 16.6 Å². The van der Waals surface area contributed by atoms with Gasteiger partial charge in [0, 0.05) is 24.6 Å². The summed E-state index contributed by atoms with van der Waals surface area (Å²) in [7, 11) is 1.64. The Morgan fingerprint density at radius 1 is 1.52 bits per heavy atom. The minimum Gasteiger partial charge on any atom is -0.381 e. The van der Waals surface area contributed by atoms with E-state index in [-0.39, 0.29) is 33.8 Å². The largest absolute Gasteiger partial charge is 0.381 e. The molecular weight excluding hydrogens is 296 g/mol. The number of nitro groups is 1. The molecule has 1 N–H and O–H groups in total. The Bertz CT molecular complexity index is 588. The van der Waals surface area contributed by atoms with Gasteiger partial charge in [0.1, 0.15) is 5.02 Å². The maximum atomic E-state index is 12.3. The minimum atomic E-state index is -0.604. The molecule has 1 aromatic carbocycles. The Hall–Kier alpha value is -1.66. The maximum absolute atomic E-state index is 12.3. The smallest absolute Gasteiger partial charge is 0.288 e. The van der Waals surface area contributed by atoms with Crippen LogP contribution >= 0.6 is 11.6 Å². The molecule has 6 nitrogen and oxygen atoms in total. The first-order chi connectivity index (χ1) is 9.78. The van der Waals surface area contributed by atoms with Crippen LogP contribution in [0.3, 0.4) is 0 Å². The average molecular weight is 313 g/mol. The highest BCUT2D eigenvalue weighted by atomic mass is 35.5. The van der Waals surface area contributed by atoms with Gasteiger partial charge in [-0.05, 0) is 12.5 Å². The van der Waals surface area contributed by atoms with Gasteiger partial charge in [0.15, 0.2) is 0 Å². The van der Waals surface area contributed by atoms with Crippen molar-refractivity contribution in [2.24, 2.45) is 5.41 Å². The summed E-state index contributed by atoms with van der Waals surface area (Å²) < 4.78 is 5.33. The fourth-order valence-corrected chi connectivity index (χ4v) is 2.88. The number of hydrogen-bond donors (Lipinski definition) is 1. The van der Waals surface area contributed by atoms with Crippen LogP contribution in [0.2, 0.25) is 5.02 Å². The van der Waals surface area contributed by atoms with Gasteiger partial charge in [-0.1, -0.05) is 31.5 Å². The number of amides is 1. The lowest BCUT2D eigenvalue weighted by atomic mass is 9.64. The summed E-state index contributed by atoms with van der Waals surface area (Å²) in [5.41, 5.74) is -0.341. The van der Waals surface area contributed by atoms with E-state index >= 15 is 0 Å². The summed E-state index contributed by atoms with van der Waals surface area (Å²) in [6, 6.07) is 4.14. The van der Waals surface area contributed by atoms with Gasteiger partial charge in [-0.25, -0.2) is 0 Å². The Kier molecular flexibility index (Phi) is 4.20. The molecule has 0 aliphatic heterocycles. The van der Waals surface area contributed by atoms with Crippen LogP contribution in [0.25, 0.3) is 0 Å². The molecule has 2 unspecified atom stereocenters. The maximum Gasteiger partial charge on any atom is 0.288 e. The van der Waals surface area contributed by atoms with Gasteiger partial charge in [-0.3, -0.25) is 14.9 Å². The normalized spacial score (nSPS) is 23.2. The zero-order valence-corrected chi connectivity index (χ0v) is 12.8. The second-order valence-electron chi connectivity index (χ2n) is 5.70. The van der Waals surface area contributed by atoms with Crippen LogP contribution < -0.4 is 5.32 Å². The molecule has 1 amide bonds. The Morgan fingerprint density at radius 3 is 2.71 bits per heavy atom. The lowest BCUT2D eigenvalue weighted by Gasteiger charge is -2.51. The van der Waals surface area contributed by atoms with Crippen LogP contribution in [0.4, 0.5) is 5.69 Å². The summed E-state index contributed by atoms with van der Waals surface area (Å²) in [6.45, 7) is 4.01. The molecule has 0 saturated heterocycles. The summed E-state index contributed by atoms with van der Waals surface area (Å²) in [4.78, 5) is 22.5. The molecule has 7 heteroatoms. The highest BCUT2D eigenvalue weighted by Crippen LogP contribution is 2.42. The molecule has 1 saturated carbocycles. The molecular formula is C14H17ClN2O4. The standard InChI is InChI=1S/C14H17ClN2O4/c1-14(2)10(7-11(14)21-3)16-13(18)8-5-4-6-9(12(8)15)17(19)20/h4-6,10-11H,7H2,1-3H3,(H,16,18). The molecule has 1 aliphatic carbocycles. The Morgan fingerprint density at radius 2 is 2.19 bits per heavy atom. The van der Waals surface area contributed by atoms with Crippen LogP contribution in [0.15, 0.2) is 18.2 Å². The molecule has 21 heavy (non-hydrogen) atoms. The lowest BCUT2D eigenvalue weighted by molar-refractivity contribution is -0.384. The first-order valence-electron chi connectivity index (χ1n) is 6.55. The van der Waals surface area contributed by atoms with E-state index in [1.807, 2.05) is 13.8 Å². The number of carbonyl (C=O) groups is 1. The SMILES string of the molecule is COC1CC(NC(=O)c2cccc([N+](=O)[O-])c2Cl)C1(C)C. The van der Waals surface area contributed by atoms with Crippen LogP contribution in [0, 0.1) is 15.5 Å². The number of benzene rings is 1. The number of hydrogen-bond acceptors (Lipinski definition) is 4. The number of halogens is 1. The predicted octanol–water partition coefficient (Wildman–Crippen LogP) is 2.79. The zero-order chi connectivity index (χ0) is 15.8. The topological polar surface area (TPSA) is 81.5 Å². The molecule has 2 atom stereocenters. The van der Waals surface area contributed by atoms with Crippen molar-refractivity contribution in [2.75, 3.05) is 7.11 Å². The second-order valence-corrected chi connectivity index (χ2v) is 6.08. The summed E-state index contributed by atoms with van der Waals surface area (Å²) >= 11 is 5.94. The summed E-state index contributed by atoms with van der Waals surface area (Å²) in [5.74, 6) is -0.406. The lowest BCUT2D eigenvalue weighted by Crippen LogP contribution is -2.61. The second kappa shape index (κ2) is 5.61. The van der Waals surface area contributed by atoms with Crippen molar-refractivity contribution in [2.45, 2.75) is 32.4 Å². The third kappa shape index (κ3) is 2.73. The minimum absolute atomic E-state index is 0.0507. The Balaban J connectivity index is 2.16. The van der Waals surface area contributed by atoms with Crippen LogP contribution in [-0.4, -0.2) is 30.1 Å². The molecule has 1 aromatic rings. The molecule has 0 aromatic heterocycles. The third-order valence-corrected chi connectivity index (χ3v) is 4.58. The monoisotopic (exact) mass is 312 g/mol. The Labute approximate surface area is 127 Å². The molecule has 0 bridgehead atoms. The van der Waals surface area contributed by atoms with Crippen molar-refractivity contribution in [3.8, 4) is 0 Å². The average Bonchev–Trinajstić information content (AvgIpc) is 2.42. The molecule has 1 fully saturated rings. The number of carbonyl (C=O) groups excluding carboxylic acids is 1. The van der Waals surface area contributed by atoms with Crippen LogP contribution in [-0.2, 0) is 4.74 Å². The number of rotatable bonds is 4. The number of nitrogens with one attached hydrogen (secondary N) is 1. The van der Waals surface area contributed by atoms with Gasteiger partial charge >= 0.3 is 0 Å². The quantitative estimate of drug-likeness (QED) is 0.684. The van der Waals surface area contributed by atoms with Crippen molar-refractivity contribution >= 4 is 23.2 Å². The van der Waals surface area contributed by atoms with E-state index in [1.54, 1.807) is 7.11 Å². The van der Waals surface area contributed by atoms with Crippen LogP contribution in [0.1, 0.15) is 30.6 Å². The third-order valence-electron chi connectivity index (χ3n) is 4.19. The van der Waals surface area contributed by atoms with Gasteiger partial charge in [-0.15, -0.1) is 0 Å². The van der Waals surface area contributed by atoms with Crippen molar-refractivity contribution in [1.29, 1.82) is 0 Å². The van der Waals surface area contributed by atoms with E-state index in [4.69, 9.17) is 16.3 Å². The van der Waals surface area contributed by atoms with Crippen molar-refractivity contribution in [3.63, 3.8) is 0 Å². The zero-order valence-electron chi connectivity index (χ0n) is 12.1. The number of methoxy groups -OCH3 is 1. The van der Waals surface area contributed by atoms with Crippen LogP contribution in [0.5, 0.6) is 0 Å². The van der Waals surface area contributed by atoms with Gasteiger partial charge in [0.25, 0.3) is 11.6 Å². The molecule has 114 valence electrons. The number of nitro benzene ring substituents is 1. The predicted molar refractivity (Wildman–Crippen MR) is 78.6 cm³/mol. The van der Waals surface area contributed by atoms with E-state index in [0.29, 0.717) is 6.42 Å². The molecule has 0 spiro atoms. The van der Waals surface area contributed by atoms with Gasteiger partial charge < -0.3 is 10.1 Å². The van der Waals surface area contributed by atoms with Crippen molar-refractivity contribution < 1.29 is 14.5 Å². The van der Waals surface area contributed by atoms with Crippen molar-refractivity contribution in [3.05, 3.63) is 38.9 Å². The number of ether oxygens (including phenoxy) is 1. The number of nitrogens with zero attached hydrogens (tertiary/aromatic N) is 1.